The van der Waals surface area contributed by atoms with Crippen LogP contribution in [0.15, 0.2) is 30.6 Å². The Morgan fingerprint density at radius 3 is 2.56 bits per heavy atom. The van der Waals surface area contributed by atoms with Crippen molar-refractivity contribution in [3.63, 3.8) is 0 Å². The summed E-state index contributed by atoms with van der Waals surface area (Å²) in [6, 6.07) is 5.87. The van der Waals surface area contributed by atoms with Gasteiger partial charge in [-0.2, -0.15) is 5.26 Å². The van der Waals surface area contributed by atoms with Gasteiger partial charge in [-0.25, -0.2) is 13.8 Å². The Balaban J connectivity index is 2.11. The number of aryl methyl sites for hydroxylation is 2. The summed E-state index contributed by atoms with van der Waals surface area (Å²) < 4.78 is 35.4. The van der Waals surface area contributed by atoms with Gasteiger partial charge in [-0.15, -0.1) is 0 Å². The van der Waals surface area contributed by atoms with Crippen LogP contribution in [0.4, 0.5) is 8.78 Å². The van der Waals surface area contributed by atoms with E-state index < -0.39 is 17.6 Å². The lowest BCUT2D eigenvalue weighted by molar-refractivity contribution is 0.290. The molecule has 0 N–H and O–H groups in total. The molecule has 4 nitrogen and oxygen atoms in total. The van der Waals surface area contributed by atoms with Gasteiger partial charge in [0.15, 0.2) is 11.4 Å². The zero-order chi connectivity index (χ0) is 18.1. The van der Waals surface area contributed by atoms with Gasteiger partial charge in [-0.1, -0.05) is 6.07 Å². The van der Waals surface area contributed by atoms with E-state index >= 15 is 0 Å². The van der Waals surface area contributed by atoms with E-state index in [9.17, 15) is 14.0 Å². The van der Waals surface area contributed by atoms with Crippen molar-refractivity contribution in [2.75, 3.05) is 0 Å². The van der Waals surface area contributed by atoms with Crippen molar-refractivity contribution in [2.24, 2.45) is 0 Å². The number of hydrogen-bond acceptors (Lipinski definition) is 3. The second kappa shape index (κ2) is 6.52. The van der Waals surface area contributed by atoms with Gasteiger partial charge in [0.25, 0.3) is 0 Å². The molecule has 3 rings (SSSR count). The lowest BCUT2D eigenvalue weighted by atomic mass is 9.98. The van der Waals surface area contributed by atoms with Crippen LogP contribution in [0.25, 0.3) is 5.65 Å². The fourth-order valence-electron chi connectivity index (χ4n) is 2.92. The first-order valence-electron chi connectivity index (χ1n) is 7.86. The maximum Gasteiger partial charge on any atom is 0.180 e. The Morgan fingerprint density at radius 2 is 1.92 bits per heavy atom. The van der Waals surface area contributed by atoms with Crippen molar-refractivity contribution < 1.29 is 13.5 Å². The van der Waals surface area contributed by atoms with Gasteiger partial charge >= 0.3 is 0 Å². The summed E-state index contributed by atoms with van der Waals surface area (Å²) in [5.41, 5.74) is 2.68. The van der Waals surface area contributed by atoms with Crippen LogP contribution in [0.5, 0.6) is 5.75 Å². The number of imidazole rings is 1. The predicted octanol–water partition coefficient (Wildman–Crippen LogP) is 4.44. The summed E-state index contributed by atoms with van der Waals surface area (Å²) in [7, 11) is 0. The monoisotopic (exact) mass is 341 g/mol. The molecule has 128 valence electrons. The van der Waals surface area contributed by atoms with Crippen molar-refractivity contribution in [3.05, 3.63) is 64.6 Å². The van der Waals surface area contributed by atoms with E-state index in [0.29, 0.717) is 17.0 Å². The Morgan fingerprint density at radius 1 is 1.24 bits per heavy atom. The summed E-state index contributed by atoms with van der Waals surface area (Å²) in [4.78, 5) is 4.43. The Labute approximate surface area is 144 Å². The van der Waals surface area contributed by atoms with Gasteiger partial charge < -0.3 is 9.14 Å². The maximum absolute atomic E-state index is 13.9. The molecule has 1 aromatic carbocycles. The number of pyridine rings is 1. The molecule has 1 atom stereocenters. The van der Waals surface area contributed by atoms with Gasteiger partial charge in [0, 0.05) is 18.0 Å². The number of aromatic nitrogens is 2. The van der Waals surface area contributed by atoms with E-state index in [4.69, 9.17) is 4.74 Å². The SMILES string of the molecule is Cc1cn2cc(C)c(C(C)C#N)c(OCc3c(F)cccc3F)c2n1. The molecule has 25 heavy (non-hydrogen) atoms. The van der Waals surface area contributed by atoms with Crippen molar-refractivity contribution in [1.82, 2.24) is 9.38 Å². The van der Waals surface area contributed by atoms with Gasteiger partial charge in [0.05, 0.1) is 23.2 Å². The number of fused-ring (bicyclic) bond motifs is 1. The van der Waals surface area contributed by atoms with E-state index in [2.05, 4.69) is 11.1 Å². The fourth-order valence-corrected chi connectivity index (χ4v) is 2.92. The minimum absolute atomic E-state index is 0.152. The maximum atomic E-state index is 13.9. The van der Waals surface area contributed by atoms with Crippen molar-refractivity contribution in [3.8, 4) is 11.8 Å². The quantitative estimate of drug-likeness (QED) is 0.705. The number of ether oxygens (including phenoxy) is 1. The normalized spacial score (nSPS) is 12.2. The lowest BCUT2D eigenvalue weighted by Crippen LogP contribution is -2.08. The molecule has 0 fully saturated rings. The molecular formula is C19H17F2N3O. The number of nitriles is 1. The third-order valence-electron chi connectivity index (χ3n) is 4.11. The summed E-state index contributed by atoms with van der Waals surface area (Å²) in [6.45, 7) is 5.18. The Kier molecular flexibility index (Phi) is 4.41. The molecule has 0 saturated heterocycles. The van der Waals surface area contributed by atoms with Crippen molar-refractivity contribution in [2.45, 2.75) is 33.3 Å². The lowest BCUT2D eigenvalue weighted by Gasteiger charge is -2.17. The van der Waals surface area contributed by atoms with Crippen LogP contribution in [0.1, 0.15) is 35.2 Å². The average Bonchev–Trinajstić information content (AvgIpc) is 2.93. The topological polar surface area (TPSA) is 50.3 Å². The van der Waals surface area contributed by atoms with Crippen molar-refractivity contribution >= 4 is 5.65 Å². The molecular weight excluding hydrogens is 324 g/mol. The number of halogens is 2. The van der Waals surface area contributed by atoms with E-state index in [1.54, 1.807) is 11.3 Å². The Bertz CT molecular complexity index is 968. The minimum atomic E-state index is -0.668. The van der Waals surface area contributed by atoms with E-state index in [1.807, 2.05) is 26.2 Å². The van der Waals surface area contributed by atoms with Crippen LogP contribution >= 0.6 is 0 Å². The third-order valence-corrected chi connectivity index (χ3v) is 4.11. The molecule has 2 heterocycles. The highest BCUT2D eigenvalue weighted by atomic mass is 19.1. The molecule has 0 amide bonds. The molecule has 3 aromatic rings. The molecule has 0 aliphatic rings. The van der Waals surface area contributed by atoms with E-state index in [0.717, 1.165) is 11.3 Å². The minimum Gasteiger partial charge on any atom is -0.484 e. The highest BCUT2D eigenvalue weighted by Crippen LogP contribution is 2.34. The molecule has 6 heteroatoms. The Hall–Kier alpha value is -2.94. The molecule has 0 bridgehead atoms. The number of rotatable bonds is 4. The van der Waals surface area contributed by atoms with Crippen LogP contribution in [-0.2, 0) is 6.61 Å². The molecule has 0 radical (unpaired) electrons. The first-order valence-corrected chi connectivity index (χ1v) is 7.86. The van der Waals surface area contributed by atoms with E-state index in [1.165, 1.54) is 18.2 Å². The van der Waals surface area contributed by atoms with Gasteiger partial charge in [0.2, 0.25) is 0 Å². The first kappa shape index (κ1) is 16.9. The zero-order valence-electron chi connectivity index (χ0n) is 14.2. The van der Waals surface area contributed by atoms with Crippen molar-refractivity contribution in [1.29, 1.82) is 5.26 Å². The van der Waals surface area contributed by atoms with Gasteiger partial charge in [-0.05, 0) is 38.5 Å². The fraction of sp³-hybridized carbons (Fsp3) is 0.263. The number of benzene rings is 1. The van der Waals surface area contributed by atoms with Crippen LogP contribution < -0.4 is 4.74 Å². The number of nitrogens with zero attached hydrogens (tertiary/aromatic N) is 3. The molecule has 1 unspecified atom stereocenters. The molecule has 0 aliphatic heterocycles. The average molecular weight is 341 g/mol. The van der Waals surface area contributed by atoms with Crippen LogP contribution in [0, 0.1) is 36.8 Å². The molecule has 0 aliphatic carbocycles. The summed E-state index contributed by atoms with van der Waals surface area (Å²) in [5.74, 6) is -1.40. The number of hydrogen-bond donors (Lipinski definition) is 0. The molecule has 0 spiro atoms. The van der Waals surface area contributed by atoms with Crippen LogP contribution in [0.3, 0.4) is 0 Å². The largest absolute Gasteiger partial charge is 0.484 e. The van der Waals surface area contributed by atoms with E-state index in [-0.39, 0.29) is 12.2 Å². The summed E-state index contributed by atoms with van der Waals surface area (Å²) >= 11 is 0. The third kappa shape index (κ3) is 3.05. The van der Waals surface area contributed by atoms with Gasteiger partial charge in [-0.3, -0.25) is 0 Å². The second-order valence-corrected chi connectivity index (χ2v) is 6.01. The van der Waals surface area contributed by atoms with Crippen LogP contribution in [0.2, 0.25) is 0 Å². The molecule has 0 saturated carbocycles. The highest BCUT2D eigenvalue weighted by Gasteiger charge is 2.21. The first-order chi connectivity index (χ1) is 11.9. The second-order valence-electron chi connectivity index (χ2n) is 6.01. The summed E-state index contributed by atoms with van der Waals surface area (Å²) in [6.07, 6.45) is 3.70. The standard InChI is InChI=1S/C19H17F2N3O/c1-11(7-22)17-12(2)8-24-9-13(3)23-19(24)18(17)25-10-14-15(20)5-4-6-16(14)21/h4-6,8-9,11H,10H2,1-3H3. The predicted molar refractivity (Wildman–Crippen MR) is 89.4 cm³/mol. The van der Waals surface area contributed by atoms with Gasteiger partial charge in [0.1, 0.15) is 18.2 Å². The summed E-state index contributed by atoms with van der Waals surface area (Å²) in [5, 5.41) is 9.34. The highest BCUT2D eigenvalue weighted by molar-refractivity contribution is 5.62. The zero-order valence-corrected chi connectivity index (χ0v) is 14.2. The van der Waals surface area contributed by atoms with Crippen LogP contribution in [-0.4, -0.2) is 9.38 Å². The smallest absolute Gasteiger partial charge is 0.180 e. The molecule has 2 aromatic heterocycles.